The molecule has 2 N–H and O–H groups in total. The summed E-state index contributed by atoms with van der Waals surface area (Å²) in [5.74, 6) is -3.32. The molecule has 1 fully saturated rings. The molecule has 0 saturated carbocycles. The fraction of sp³-hybridized carbons (Fsp3) is 0.304. The largest absolute Gasteiger partial charge is 0.481 e. The molecule has 3 heterocycles. The molecule has 1 amide bonds. The predicted molar refractivity (Wildman–Crippen MR) is 117 cm³/mol. The van der Waals surface area contributed by atoms with Crippen LogP contribution in [-0.4, -0.2) is 44.2 Å². The van der Waals surface area contributed by atoms with Gasteiger partial charge in [-0.25, -0.2) is 8.42 Å². The predicted octanol–water partition coefficient (Wildman–Crippen LogP) is 2.42. The lowest BCUT2D eigenvalue weighted by Gasteiger charge is -2.30. The first-order chi connectivity index (χ1) is 15.4. The van der Waals surface area contributed by atoms with Crippen molar-refractivity contribution in [2.45, 2.75) is 29.9 Å². The molecule has 2 aromatic rings. The number of para-hydroxylation sites is 1. The van der Waals surface area contributed by atoms with Crippen LogP contribution >= 0.6 is 0 Å². The van der Waals surface area contributed by atoms with Gasteiger partial charge >= 0.3 is 5.97 Å². The number of amides is 1. The summed E-state index contributed by atoms with van der Waals surface area (Å²) in [5.41, 5.74) is 2.09. The molecule has 0 aromatic heterocycles. The highest BCUT2D eigenvalue weighted by Crippen LogP contribution is 2.40. The maximum Gasteiger partial charge on any atom is 0.310 e. The summed E-state index contributed by atoms with van der Waals surface area (Å²) in [6.07, 6.45) is 3.79. The number of ether oxygens (including phenoxy) is 1. The molecule has 1 saturated heterocycles. The van der Waals surface area contributed by atoms with Crippen molar-refractivity contribution >= 4 is 33.3 Å². The van der Waals surface area contributed by atoms with E-state index in [1.807, 2.05) is 24.3 Å². The SMILES string of the molecule is O=C(O)C1C2C=CC(O2)C1C(=O)Nc1ccc(S(=O)(=O)N2CCCc3ccccc32)cc1. The van der Waals surface area contributed by atoms with E-state index in [1.165, 1.54) is 28.6 Å². The molecule has 9 heteroatoms. The zero-order valence-corrected chi connectivity index (χ0v) is 17.9. The molecule has 2 aromatic carbocycles. The molecule has 3 aliphatic rings. The van der Waals surface area contributed by atoms with Crippen molar-refractivity contribution in [3.63, 3.8) is 0 Å². The Morgan fingerprint density at radius 2 is 1.69 bits per heavy atom. The summed E-state index contributed by atoms with van der Waals surface area (Å²) < 4.78 is 33.5. The van der Waals surface area contributed by atoms with E-state index in [0.717, 1.165) is 18.4 Å². The van der Waals surface area contributed by atoms with Crippen LogP contribution in [0.2, 0.25) is 0 Å². The van der Waals surface area contributed by atoms with E-state index in [9.17, 15) is 23.1 Å². The standard InChI is InChI=1S/C23H22N2O6S/c26-22(20-18-11-12-19(31-18)21(20)23(27)28)24-15-7-9-16(10-8-15)32(29,30)25-13-3-5-14-4-1-2-6-17(14)25/h1-2,4,6-12,18-21H,3,5,13H2,(H,24,26)(H,27,28). The minimum atomic E-state index is -3.75. The van der Waals surface area contributed by atoms with Crippen LogP contribution in [0.15, 0.2) is 65.6 Å². The third-order valence-electron chi connectivity index (χ3n) is 6.26. The van der Waals surface area contributed by atoms with Crippen molar-refractivity contribution in [2.75, 3.05) is 16.2 Å². The second-order valence-electron chi connectivity index (χ2n) is 8.16. The molecule has 4 atom stereocenters. The Morgan fingerprint density at radius 3 is 2.41 bits per heavy atom. The normalized spacial score (nSPS) is 26.1. The molecular formula is C23H22N2O6S. The van der Waals surface area contributed by atoms with Gasteiger partial charge in [-0.05, 0) is 48.7 Å². The summed E-state index contributed by atoms with van der Waals surface area (Å²) in [5, 5.41) is 12.2. The molecule has 0 aliphatic carbocycles. The maximum atomic E-state index is 13.2. The molecule has 3 aliphatic heterocycles. The number of aliphatic carboxylic acids is 1. The molecule has 0 spiro atoms. The number of nitrogens with one attached hydrogen (secondary N) is 1. The third-order valence-corrected chi connectivity index (χ3v) is 8.09. The van der Waals surface area contributed by atoms with Crippen molar-refractivity contribution in [3.05, 3.63) is 66.2 Å². The maximum absolute atomic E-state index is 13.2. The summed E-state index contributed by atoms with van der Waals surface area (Å²) in [4.78, 5) is 24.5. The minimum Gasteiger partial charge on any atom is -0.481 e. The van der Waals surface area contributed by atoms with Gasteiger partial charge in [0.2, 0.25) is 5.91 Å². The number of rotatable bonds is 5. The molecule has 4 unspecified atom stereocenters. The number of hydrogen-bond acceptors (Lipinski definition) is 5. The van der Waals surface area contributed by atoms with E-state index < -0.39 is 45.9 Å². The lowest BCUT2D eigenvalue weighted by atomic mass is 9.82. The number of carboxylic acid groups (broad SMARTS) is 1. The molecule has 166 valence electrons. The van der Waals surface area contributed by atoms with Gasteiger partial charge in [0, 0.05) is 12.2 Å². The molecular weight excluding hydrogens is 432 g/mol. The summed E-state index contributed by atoms with van der Waals surface area (Å²) in [7, 11) is -3.75. The van der Waals surface area contributed by atoms with E-state index in [0.29, 0.717) is 17.9 Å². The molecule has 32 heavy (non-hydrogen) atoms. The highest BCUT2D eigenvalue weighted by atomic mass is 32.2. The Labute approximate surface area is 185 Å². The van der Waals surface area contributed by atoms with Crippen molar-refractivity contribution < 1.29 is 27.9 Å². The van der Waals surface area contributed by atoms with Crippen molar-refractivity contribution in [2.24, 2.45) is 11.8 Å². The fourth-order valence-electron chi connectivity index (χ4n) is 4.73. The van der Waals surface area contributed by atoms with E-state index in [-0.39, 0.29) is 4.90 Å². The van der Waals surface area contributed by atoms with Gasteiger partial charge in [0.15, 0.2) is 0 Å². The Morgan fingerprint density at radius 1 is 1.00 bits per heavy atom. The van der Waals surface area contributed by atoms with Crippen LogP contribution in [-0.2, 0) is 30.8 Å². The quantitative estimate of drug-likeness (QED) is 0.671. The molecule has 5 rings (SSSR count). The lowest BCUT2D eigenvalue weighted by molar-refractivity contribution is -0.145. The number of carbonyl (C=O) groups excluding carboxylic acids is 1. The minimum absolute atomic E-state index is 0.127. The molecule has 8 nitrogen and oxygen atoms in total. The monoisotopic (exact) mass is 454 g/mol. The van der Waals surface area contributed by atoms with Crippen LogP contribution in [0, 0.1) is 11.8 Å². The first-order valence-corrected chi connectivity index (χ1v) is 11.9. The number of benzene rings is 2. The Kier molecular flexibility index (Phi) is 5.02. The van der Waals surface area contributed by atoms with Crippen LogP contribution < -0.4 is 9.62 Å². The average Bonchev–Trinajstić information content (AvgIpc) is 3.41. The Bertz CT molecular complexity index is 1210. The van der Waals surface area contributed by atoms with Crippen molar-refractivity contribution in [1.29, 1.82) is 0 Å². The number of carboxylic acids is 1. The number of nitrogens with zero attached hydrogens (tertiary/aromatic N) is 1. The number of hydrogen-bond donors (Lipinski definition) is 2. The average molecular weight is 455 g/mol. The van der Waals surface area contributed by atoms with Crippen LogP contribution in [0.3, 0.4) is 0 Å². The number of carbonyl (C=O) groups is 2. The fourth-order valence-corrected chi connectivity index (χ4v) is 6.27. The first-order valence-electron chi connectivity index (χ1n) is 10.4. The van der Waals surface area contributed by atoms with Gasteiger partial charge in [-0.1, -0.05) is 30.4 Å². The van der Waals surface area contributed by atoms with E-state index in [4.69, 9.17) is 4.74 Å². The second-order valence-corrected chi connectivity index (χ2v) is 10.0. The van der Waals surface area contributed by atoms with Gasteiger partial charge in [-0.2, -0.15) is 0 Å². The van der Waals surface area contributed by atoms with Crippen molar-refractivity contribution in [3.8, 4) is 0 Å². The van der Waals surface area contributed by atoms with Gasteiger partial charge in [-0.3, -0.25) is 13.9 Å². The highest BCUT2D eigenvalue weighted by Gasteiger charge is 2.53. The van der Waals surface area contributed by atoms with Gasteiger partial charge in [0.05, 0.1) is 28.7 Å². The Hall–Kier alpha value is -3.17. The summed E-state index contributed by atoms with van der Waals surface area (Å²) in [6.45, 7) is 0.409. The Balaban J connectivity index is 1.34. The summed E-state index contributed by atoms with van der Waals surface area (Å²) >= 11 is 0. The number of aryl methyl sites for hydroxylation is 1. The van der Waals surface area contributed by atoms with Gasteiger partial charge < -0.3 is 15.2 Å². The topological polar surface area (TPSA) is 113 Å². The van der Waals surface area contributed by atoms with Crippen LogP contribution in [0.5, 0.6) is 0 Å². The lowest BCUT2D eigenvalue weighted by Crippen LogP contribution is -2.39. The third kappa shape index (κ3) is 3.37. The van der Waals surface area contributed by atoms with Crippen LogP contribution in [0.25, 0.3) is 0 Å². The van der Waals surface area contributed by atoms with E-state index in [1.54, 1.807) is 12.2 Å². The molecule has 0 radical (unpaired) electrons. The summed E-state index contributed by atoms with van der Waals surface area (Å²) in [6, 6.07) is 13.4. The van der Waals surface area contributed by atoms with E-state index >= 15 is 0 Å². The van der Waals surface area contributed by atoms with Gasteiger partial charge in [0.1, 0.15) is 5.92 Å². The zero-order valence-electron chi connectivity index (χ0n) is 17.0. The number of sulfonamides is 1. The zero-order chi connectivity index (χ0) is 22.5. The highest BCUT2D eigenvalue weighted by molar-refractivity contribution is 7.92. The smallest absolute Gasteiger partial charge is 0.310 e. The van der Waals surface area contributed by atoms with Gasteiger partial charge in [-0.15, -0.1) is 0 Å². The first kappa shape index (κ1) is 20.7. The van der Waals surface area contributed by atoms with Crippen LogP contribution in [0.1, 0.15) is 12.0 Å². The number of fused-ring (bicyclic) bond motifs is 3. The number of anilines is 2. The van der Waals surface area contributed by atoms with Crippen LogP contribution in [0.4, 0.5) is 11.4 Å². The van der Waals surface area contributed by atoms with Gasteiger partial charge in [0.25, 0.3) is 10.0 Å². The van der Waals surface area contributed by atoms with Crippen molar-refractivity contribution in [1.82, 2.24) is 0 Å². The second kappa shape index (κ2) is 7.75. The van der Waals surface area contributed by atoms with E-state index in [2.05, 4.69) is 5.32 Å². The molecule has 2 bridgehead atoms.